The van der Waals surface area contributed by atoms with Crippen LogP contribution in [-0.2, 0) is 11.3 Å². The Morgan fingerprint density at radius 1 is 1.29 bits per heavy atom. The molecule has 4 rings (SSSR count). The second kappa shape index (κ2) is 6.34. The number of rotatable bonds is 3. The number of ether oxygens (including phenoxy) is 1. The summed E-state index contributed by atoms with van der Waals surface area (Å²) in [6.07, 6.45) is 6.64. The number of likely N-dealkylation sites (tertiary alicyclic amines) is 1. The summed E-state index contributed by atoms with van der Waals surface area (Å²) < 4.78 is 5.80. The highest BCUT2D eigenvalue weighted by Crippen LogP contribution is 2.46. The van der Waals surface area contributed by atoms with Crippen LogP contribution < -0.4 is 5.43 Å². The van der Waals surface area contributed by atoms with Crippen molar-refractivity contribution >= 4 is 10.9 Å². The smallest absolute Gasteiger partial charge is 0.189 e. The molecular weight excluding hydrogens is 300 g/mol. The SMILES string of the molecule is CO[C@@H]1CCC[C@]12CCCN(Cc1cc(=O)c3ccccc3[nH]1)C2. The predicted octanol–water partition coefficient (Wildman–Crippen LogP) is 3.31. The number of aromatic nitrogens is 1. The minimum absolute atomic E-state index is 0.113. The van der Waals surface area contributed by atoms with Crippen molar-refractivity contribution in [3.8, 4) is 0 Å². The average Bonchev–Trinajstić information content (AvgIpc) is 2.96. The van der Waals surface area contributed by atoms with Crippen LogP contribution in [0.5, 0.6) is 0 Å². The molecule has 1 aliphatic heterocycles. The maximum absolute atomic E-state index is 12.3. The molecule has 128 valence electrons. The number of H-pyrrole nitrogens is 1. The molecule has 24 heavy (non-hydrogen) atoms. The number of hydrogen-bond donors (Lipinski definition) is 1. The molecule has 1 saturated carbocycles. The van der Waals surface area contributed by atoms with Gasteiger partial charge in [0.2, 0.25) is 0 Å². The standard InChI is InChI=1S/C20H26N2O2/c1-24-19-8-4-9-20(19)10-5-11-22(14-20)13-15-12-18(23)16-6-2-3-7-17(16)21-15/h2-3,6-7,12,19H,4-5,8-11,13-14H2,1H3,(H,21,23)/t19-,20-/m1/s1. The summed E-state index contributed by atoms with van der Waals surface area (Å²) in [5.74, 6) is 0. The highest BCUT2D eigenvalue weighted by atomic mass is 16.5. The first-order chi connectivity index (χ1) is 11.7. The Balaban J connectivity index is 1.56. The van der Waals surface area contributed by atoms with E-state index in [1.807, 2.05) is 31.4 Å². The summed E-state index contributed by atoms with van der Waals surface area (Å²) in [4.78, 5) is 18.3. The van der Waals surface area contributed by atoms with Crippen molar-refractivity contribution in [1.29, 1.82) is 0 Å². The van der Waals surface area contributed by atoms with Gasteiger partial charge in [-0.1, -0.05) is 18.6 Å². The molecule has 2 atom stereocenters. The van der Waals surface area contributed by atoms with E-state index in [9.17, 15) is 4.79 Å². The van der Waals surface area contributed by atoms with Gasteiger partial charge >= 0.3 is 0 Å². The molecular formula is C20H26N2O2. The van der Waals surface area contributed by atoms with Crippen molar-refractivity contribution in [3.05, 3.63) is 46.2 Å². The zero-order chi connectivity index (χ0) is 16.6. The molecule has 0 bridgehead atoms. The number of nitrogens with one attached hydrogen (secondary N) is 1. The molecule has 2 aromatic rings. The van der Waals surface area contributed by atoms with E-state index in [0.717, 1.165) is 36.2 Å². The van der Waals surface area contributed by atoms with Crippen molar-refractivity contribution in [2.45, 2.75) is 44.8 Å². The van der Waals surface area contributed by atoms with Crippen LogP contribution in [0, 0.1) is 5.41 Å². The Morgan fingerprint density at radius 2 is 2.12 bits per heavy atom. The third kappa shape index (κ3) is 2.78. The topological polar surface area (TPSA) is 45.3 Å². The van der Waals surface area contributed by atoms with E-state index >= 15 is 0 Å². The summed E-state index contributed by atoms with van der Waals surface area (Å²) in [6.45, 7) is 3.01. The fraction of sp³-hybridized carbons (Fsp3) is 0.550. The molecule has 2 heterocycles. The molecule has 0 radical (unpaired) electrons. The number of fused-ring (bicyclic) bond motifs is 1. The highest BCUT2D eigenvalue weighted by molar-refractivity contribution is 5.78. The van der Waals surface area contributed by atoms with Crippen LogP contribution in [-0.4, -0.2) is 36.2 Å². The normalized spacial score (nSPS) is 28.0. The van der Waals surface area contributed by atoms with Crippen molar-refractivity contribution in [2.75, 3.05) is 20.2 Å². The summed E-state index contributed by atoms with van der Waals surface area (Å²) in [7, 11) is 1.86. The lowest BCUT2D eigenvalue weighted by atomic mass is 9.76. The molecule has 2 aliphatic rings. The number of hydrogen-bond acceptors (Lipinski definition) is 3. The zero-order valence-corrected chi connectivity index (χ0v) is 14.4. The van der Waals surface area contributed by atoms with Crippen LogP contribution >= 0.6 is 0 Å². The van der Waals surface area contributed by atoms with Crippen LogP contribution in [0.1, 0.15) is 37.8 Å². The maximum Gasteiger partial charge on any atom is 0.189 e. The lowest BCUT2D eigenvalue weighted by Crippen LogP contribution is -2.47. The molecule has 0 unspecified atom stereocenters. The van der Waals surface area contributed by atoms with Gasteiger partial charge in [-0.15, -0.1) is 0 Å². The third-order valence-corrected chi connectivity index (χ3v) is 5.98. The van der Waals surface area contributed by atoms with Crippen LogP contribution in [0.4, 0.5) is 0 Å². The fourth-order valence-corrected chi connectivity index (χ4v) is 4.91. The second-order valence-electron chi connectivity index (χ2n) is 7.50. The van der Waals surface area contributed by atoms with E-state index in [0.29, 0.717) is 11.5 Å². The van der Waals surface area contributed by atoms with Gasteiger partial charge in [0.1, 0.15) is 0 Å². The van der Waals surface area contributed by atoms with Gasteiger partial charge in [0, 0.05) is 48.3 Å². The number of methoxy groups -OCH3 is 1. The van der Waals surface area contributed by atoms with Crippen molar-refractivity contribution < 1.29 is 4.74 Å². The molecule has 1 N–H and O–H groups in total. The largest absolute Gasteiger partial charge is 0.381 e. The first-order valence-electron chi connectivity index (χ1n) is 9.06. The van der Waals surface area contributed by atoms with E-state index in [-0.39, 0.29) is 5.43 Å². The Kier molecular flexibility index (Phi) is 4.19. The molecule has 1 saturated heterocycles. The van der Waals surface area contributed by atoms with E-state index in [1.165, 1.54) is 32.1 Å². The minimum atomic E-state index is 0.113. The van der Waals surface area contributed by atoms with Gasteiger partial charge in [0.05, 0.1) is 6.10 Å². The van der Waals surface area contributed by atoms with Crippen molar-refractivity contribution in [1.82, 2.24) is 9.88 Å². The van der Waals surface area contributed by atoms with Gasteiger partial charge in [0.25, 0.3) is 0 Å². The highest BCUT2D eigenvalue weighted by Gasteiger charge is 2.45. The maximum atomic E-state index is 12.3. The molecule has 1 aromatic heterocycles. The Bertz CT molecular complexity index is 785. The number of aromatic amines is 1. The quantitative estimate of drug-likeness (QED) is 0.941. The summed E-state index contributed by atoms with van der Waals surface area (Å²) in [6, 6.07) is 9.52. The lowest BCUT2D eigenvalue weighted by Gasteiger charge is -2.43. The molecule has 4 nitrogen and oxygen atoms in total. The van der Waals surface area contributed by atoms with Gasteiger partial charge < -0.3 is 9.72 Å². The number of piperidine rings is 1. The van der Waals surface area contributed by atoms with Crippen molar-refractivity contribution in [3.63, 3.8) is 0 Å². The Morgan fingerprint density at radius 3 is 3.00 bits per heavy atom. The van der Waals surface area contributed by atoms with Crippen LogP contribution in [0.3, 0.4) is 0 Å². The number of nitrogens with zero attached hydrogens (tertiary/aromatic N) is 1. The van der Waals surface area contributed by atoms with Crippen LogP contribution in [0.2, 0.25) is 0 Å². The van der Waals surface area contributed by atoms with Gasteiger partial charge in [0.15, 0.2) is 5.43 Å². The first kappa shape index (κ1) is 15.9. The zero-order valence-electron chi connectivity index (χ0n) is 14.4. The summed E-state index contributed by atoms with van der Waals surface area (Å²) in [5, 5.41) is 0.770. The molecule has 2 fully saturated rings. The van der Waals surface area contributed by atoms with Gasteiger partial charge in [-0.25, -0.2) is 0 Å². The van der Waals surface area contributed by atoms with Gasteiger partial charge in [-0.2, -0.15) is 0 Å². The van der Waals surface area contributed by atoms with E-state index in [1.54, 1.807) is 6.07 Å². The first-order valence-corrected chi connectivity index (χ1v) is 9.06. The fourth-order valence-electron chi connectivity index (χ4n) is 4.91. The van der Waals surface area contributed by atoms with Crippen LogP contribution in [0.15, 0.2) is 35.1 Å². The Hall–Kier alpha value is -1.65. The van der Waals surface area contributed by atoms with E-state index < -0.39 is 0 Å². The molecule has 1 spiro atoms. The number of benzene rings is 1. The van der Waals surface area contributed by atoms with Crippen molar-refractivity contribution in [2.24, 2.45) is 5.41 Å². The average molecular weight is 326 g/mol. The number of pyridine rings is 1. The van der Waals surface area contributed by atoms with Gasteiger partial charge in [-0.05, 0) is 44.4 Å². The van der Waals surface area contributed by atoms with E-state index in [2.05, 4.69) is 9.88 Å². The number of para-hydroxylation sites is 1. The molecule has 1 aromatic carbocycles. The summed E-state index contributed by atoms with van der Waals surface area (Å²) >= 11 is 0. The molecule has 0 amide bonds. The minimum Gasteiger partial charge on any atom is -0.381 e. The van der Waals surface area contributed by atoms with E-state index in [4.69, 9.17) is 4.74 Å². The molecule has 4 heteroatoms. The van der Waals surface area contributed by atoms with Gasteiger partial charge in [-0.3, -0.25) is 9.69 Å². The predicted molar refractivity (Wildman–Crippen MR) is 96.2 cm³/mol. The van der Waals surface area contributed by atoms with Crippen LogP contribution in [0.25, 0.3) is 10.9 Å². The molecule has 1 aliphatic carbocycles. The lowest BCUT2D eigenvalue weighted by molar-refractivity contribution is -0.0368. The third-order valence-electron chi connectivity index (χ3n) is 5.98. The monoisotopic (exact) mass is 326 g/mol. The summed E-state index contributed by atoms with van der Waals surface area (Å²) in [5.41, 5.74) is 2.39. The Labute approximate surface area is 142 Å². The second-order valence-corrected chi connectivity index (χ2v) is 7.50.